The molecule has 6 rings (SSSR count). The van der Waals surface area contributed by atoms with Gasteiger partial charge in [0.05, 0.1) is 19.4 Å². The van der Waals surface area contributed by atoms with Gasteiger partial charge in [-0.25, -0.2) is 0 Å². The topological polar surface area (TPSA) is 3.24 Å². The fraction of sp³-hybridized carbons (Fsp3) is 0.265. The summed E-state index contributed by atoms with van der Waals surface area (Å²) in [5, 5.41) is 2.92. The standard InChI is InChI=1S/C34H37NP2/c1-37(33(28-16-6-2-7-17-28)26-27-34(37)29-18-8-3-9-19-29)35(30-20-14-15-21-30)36(31-22-10-4-11-23-31)32-24-12-5-13-25-32/h2-13,16-19,22-25,30,33-34H,1,14-15,20-21,26-27H2/t33-,34-/m0/s1. The summed E-state index contributed by atoms with van der Waals surface area (Å²) in [5.41, 5.74) is 3.97. The van der Waals surface area contributed by atoms with Crippen molar-refractivity contribution in [2.75, 3.05) is 0 Å². The molecule has 1 heterocycles. The van der Waals surface area contributed by atoms with Gasteiger partial charge in [-0.15, -0.1) is 0 Å². The molecule has 2 aliphatic rings. The van der Waals surface area contributed by atoms with E-state index >= 15 is 0 Å². The molecule has 1 aliphatic heterocycles. The second-order valence-corrected chi connectivity index (χ2v) is 16.4. The first kappa shape index (κ1) is 25.0. The van der Waals surface area contributed by atoms with Gasteiger partial charge in [-0.05, 0) is 54.8 Å². The van der Waals surface area contributed by atoms with Crippen LogP contribution in [0.25, 0.3) is 0 Å². The van der Waals surface area contributed by atoms with Crippen LogP contribution in [0.4, 0.5) is 0 Å². The van der Waals surface area contributed by atoms with Gasteiger partial charge in [-0.2, -0.15) is 11.1 Å². The van der Waals surface area contributed by atoms with E-state index in [0.29, 0.717) is 17.4 Å². The number of rotatable bonds is 7. The fourth-order valence-corrected chi connectivity index (χ4v) is 16.1. The monoisotopic (exact) mass is 521 g/mol. The van der Waals surface area contributed by atoms with E-state index in [-0.39, 0.29) is 0 Å². The third kappa shape index (κ3) is 4.83. The van der Waals surface area contributed by atoms with E-state index in [1.807, 2.05) is 0 Å². The molecule has 0 aromatic heterocycles. The lowest BCUT2D eigenvalue weighted by Gasteiger charge is -2.51. The fourth-order valence-electron chi connectivity index (χ4n) is 6.76. The molecular weight excluding hydrogens is 484 g/mol. The molecule has 1 saturated heterocycles. The summed E-state index contributed by atoms with van der Waals surface area (Å²) in [6, 6.07) is 46.0. The molecule has 0 bridgehead atoms. The Balaban J connectivity index is 1.58. The normalized spacial score (nSPS) is 21.6. The Morgan fingerprint density at radius 3 is 1.32 bits per heavy atom. The molecule has 0 spiro atoms. The van der Waals surface area contributed by atoms with Crippen molar-refractivity contribution in [2.45, 2.75) is 55.9 Å². The van der Waals surface area contributed by atoms with Crippen LogP contribution in [-0.2, 0) is 0 Å². The highest BCUT2D eigenvalue weighted by Crippen LogP contribution is 2.89. The Bertz CT molecular complexity index is 1170. The number of nitrogens with zero attached hydrogens (tertiary/aromatic N) is 1. The zero-order valence-corrected chi connectivity index (χ0v) is 23.4. The minimum absolute atomic E-state index is 0.497. The first-order chi connectivity index (χ1) is 18.3. The van der Waals surface area contributed by atoms with Crippen molar-refractivity contribution in [2.24, 2.45) is 0 Å². The largest absolute Gasteiger partial charge is 0.176 e. The molecule has 1 aliphatic carbocycles. The first-order valence-corrected chi connectivity index (χ1v) is 17.2. The third-order valence-corrected chi connectivity index (χ3v) is 16.6. The predicted octanol–water partition coefficient (Wildman–Crippen LogP) is 9.28. The Kier molecular flexibility index (Phi) is 7.57. The van der Waals surface area contributed by atoms with Crippen molar-refractivity contribution >= 4 is 26.1 Å². The van der Waals surface area contributed by atoms with Crippen molar-refractivity contribution in [3.63, 3.8) is 0 Å². The summed E-state index contributed by atoms with van der Waals surface area (Å²) in [6.45, 7) is 5.45. The Hall–Kier alpha value is -2.30. The maximum absolute atomic E-state index is 5.45. The second kappa shape index (κ2) is 11.2. The lowest BCUT2D eigenvalue weighted by molar-refractivity contribution is 0.494. The summed E-state index contributed by atoms with van der Waals surface area (Å²) in [7, 11) is -2.62. The van der Waals surface area contributed by atoms with Crippen LogP contribution < -0.4 is 10.6 Å². The van der Waals surface area contributed by atoms with Crippen molar-refractivity contribution in [1.29, 1.82) is 0 Å². The molecule has 0 radical (unpaired) electrons. The van der Waals surface area contributed by atoms with Crippen LogP contribution in [0.1, 0.15) is 61.0 Å². The van der Waals surface area contributed by atoms with E-state index in [1.54, 1.807) is 0 Å². The summed E-state index contributed by atoms with van der Waals surface area (Å²) in [6.07, 6.45) is 7.69. The highest BCUT2D eigenvalue weighted by atomic mass is 31.2. The lowest BCUT2D eigenvalue weighted by Crippen LogP contribution is -2.36. The highest BCUT2D eigenvalue weighted by molar-refractivity contribution is 7.87. The van der Waals surface area contributed by atoms with Gasteiger partial charge in [0.15, 0.2) is 0 Å². The van der Waals surface area contributed by atoms with Gasteiger partial charge in [0.25, 0.3) is 0 Å². The van der Waals surface area contributed by atoms with Gasteiger partial charge >= 0.3 is 0 Å². The quantitative estimate of drug-likeness (QED) is 0.173. The molecule has 4 aromatic carbocycles. The van der Waals surface area contributed by atoms with Crippen molar-refractivity contribution in [3.8, 4) is 0 Å². The summed E-state index contributed by atoms with van der Waals surface area (Å²) >= 11 is 0. The smallest absolute Gasteiger partial charge is 0.0845 e. The number of benzene rings is 4. The van der Waals surface area contributed by atoms with E-state index in [9.17, 15) is 0 Å². The van der Waals surface area contributed by atoms with Crippen LogP contribution in [0.2, 0.25) is 0 Å². The maximum atomic E-state index is 5.45. The minimum Gasteiger partial charge on any atom is -0.176 e. The molecule has 2 fully saturated rings. The lowest BCUT2D eigenvalue weighted by atomic mass is 10.0. The Morgan fingerprint density at radius 1 is 0.541 bits per heavy atom. The van der Waals surface area contributed by atoms with Crippen molar-refractivity contribution in [1.82, 2.24) is 4.44 Å². The molecule has 0 N–H and O–H groups in total. The zero-order valence-electron chi connectivity index (χ0n) is 21.6. The van der Waals surface area contributed by atoms with Crippen LogP contribution in [0, 0.1) is 6.66 Å². The molecule has 0 amide bonds. The maximum Gasteiger partial charge on any atom is 0.0845 e. The molecule has 3 heteroatoms. The van der Waals surface area contributed by atoms with Crippen LogP contribution in [0.3, 0.4) is 0 Å². The van der Waals surface area contributed by atoms with Crippen LogP contribution in [0.5, 0.6) is 0 Å². The number of hydrogen-bond donors (Lipinski definition) is 0. The van der Waals surface area contributed by atoms with Gasteiger partial charge in [0.1, 0.15) is 0 Å². The number of hydrogen-bond acceptors (Lipinski definition) is 1. The first-order valence-electron chi connectivity index (χ1n) is 13.8. The van der Waals surface area contributed by atoms with Crippen molar-refractivity contribution < 1.29 is 0 Å². The molecule has 2 atom stereocenters. The molecule has 1 nitrogen and oxygen atoms in total. The minimum atomic E-state index is -1.92. The Labute approximate surface area is 225 Å². The third-order valence-electron chi connectivity index (χ3n) is 8.40. The highest BCUT2D eigenvalue weighted by Gasteiger charge is 2.57. The Morgan fingerprint density at radius 2 is 0.919 bits per heavy atom. The summed E-state index contributed by atoms with van der Waals surface area (Å²) in [4.78, 5) is 0. The summed E-state index contributed by atoms with van der Waals surface area (Å²) < 4.78 is 3.09. The van der Waals surface area contributed by atoms with E-state index < -0.39 is 15.5 Å². The van der Waals surface area contributed by atoms with Crippen LogP contribution in [-0.4, -0.2) is 10.5 Å². The molecule has 1 saturated carbocycles. The van der Waals surface area contributed by atoms with Gasteiger partial charge in [0.2, 0.25) is 0 Å². The van der Waals surface area contributed by atoms with Gasteiger partial charge in [0, 0.05) is 6.04 Å². The molecule has 4 aromatic rings. The average molecular weight is 522 g/mol. The van der Waals surface area contributed by atoms with Gasteiger partial charge in [-0.1, -0.05) is 134 Å². The van der Waals surface area contributed by atoms with Crippen molar-refractivity contribution in [3.05, 3.63) is 139 Å². The predicted molar refractivity (Wildman–Crippen MR) is 163 cm³/mol. The molecule has 37 heavy (non-hydrogen) atoms. The zero-order chi connectivity index (χ0) is 25.1. The van der Waals surface area contributed by atoms with Gasteiger partial charge < -0.3 is 0 Å². The second-order valence-electron chi connectivity index (χ2n) is 10.6. The van der Waals surface area contributed by atoms with E-state index in [2.05, 4.69) is 126 Å². The van der Waals surface area contributed by atoms with E-state index in [0.717, 1.165) is 0 Å². The SMILES string of the molecule is [CH2-][P+]1(N(C2CCCC2)P(c2ccccc2)c2ccccc2)[C@H](c2ccccc2)CC[C@H]1c1ccccc1. The van der Waals surface area contributed by atoms with E-state index in [4.69, 9.17) is 6.66 Å². The molecule has 0 unspecified atom stereocenters. The summed E-state index contributed by atoms with van der Waals surface area (Å²) in [5.74, 6) is 0. The van der Waals surface area contributed by atoms with Crippen LogP contribution in [0.15, 0.2) is 121 Å². The average Bonchev–Trinajstić information content (AvgIpc) is 3.62. The van der Waals surface area contributed by atoms with Gasteiger partial charge in [-0.3, -0.25) is 0 Å². The molecular formula is C34H37NP2. The van der Waals surface area contributed by atoms with E-state index in [1.165, 1.54) is 60.3 Å². The van der Waals surface area contributed by atoms with Crippen LogP contribution >= 0.6 is 15.5 Å². The molecule has 188 valence electrons.